The lowest BCUT2D eigenvalue weighted by Crippen LogP contribution is -2.20. The maximum absolute atomic E-state index is 11.1. The molecule has 1 rings (SSSR count). The highest BCUT2D eigenvalue weighted by Crippen LogP contribution is 2.20. The Morgan fingerprint density at radius 3 is 2.81 bits per heavy atom. The standard InChI is InChI=1S/C11H13ClN2OS/c1-8(16(2)15)7-14-10-4-3-9(6-13)11(12)5-10/h3-5,8,14H,7H2,1-2H3. The topological polar surface area (TPSA) is 52.9 Å². The van der Waals surface area contributed by atoms with E-state index < -0.39 is 10.8 Å². The molecule has 0 aliphatic carbocycles. The number of nitriles is 1. The van der Waals surface area contributed by atoms with Gasteiger partial charge in [0.15, 0.2) is 0 Å². The van der Waals surface area contributed by atoms with Crippen molar-refractivity contribution in [2.75, 3.05) is 18.1 Å². The van der Waals surface area contributed by atoms with E-state index in [0.29, 0.717) is 17.1 Å². The van der Waals surface area contributed by atoms with Crippen molar-refractivity contribution in [3.8, 4) is 6.07 Å². The third-order valence-electron chi connectivity index (χ3n) is 2.25. The number of halogens is 1. The van der Waals surface area contributed by atoms with Crippen LogP contribution >= 0.6 is 11.6 Å². The predicted molar refractivity (Wildman–Crippen MR) is 68.2 cm³/mol. The van der Waals surface area contributed by atoms with Crippen LogP contribution in [0.25, 0.3) is 0 Å². The molecule has 2 atom stereocenters. The Morgan fingerprint density at radius 2 is 2.31 bits per heavy atom. The van der Waals surface area contributed by atoms with E-state index in [1.807, 2.05) is 13.0 Å². The van der Waals surface area contributed by atoms with Crippen LogP contribution in [0, 0.1) is 11.3 Å². The van der Waals surface area contributed by atoms with Crippen LogP contribution in [0.2, 0.25) is 5.02 Å². The smallest absolute Gasteiger partial charge is 0.101 e. The molecule has 0 radical (unpaired) electrons. The van der Waals surface area contributed by atoms with E-state index in [2.05, 4.69) is 5.32 Å². The van der Waals surface area contributed by atoms with Crippen molar-refractivity contribution in [2.24, 2.45) is 0 Å². The van der Waals surface area contributed by atoms with Gasteiger partial charge in [0.05, 0.1) is 10.6 Å². The van der Waals surface area contributed by atoms with E-state index in [0.717, 1.165) is 5.69 Å². The quantitative estimate of drug-likeness (QED) is 0.900. The first-order chi connectivity index (χ1) is 7.54. The first kappa shape index (κ1) is 13.0. The molecule has 0 spiro atoms. The molecule has 0 aliphatic rings. The van der Waals surface area contributed by atoms with Gasteiger partial charge >= 0.3 is 0 Å². The number of nitrogens with one attached hydrogen (secondary N) is 1. The Bertz CT molecular complexity index is 442. The van der Waals surface area contributed by atoms with E-state index in [9.17, 15) is 4.21 Å². The number of benzene rings is 1. The summed E-state index contributed by atoms with van der Waals surface area (Å²) in [6.45, 7) is 2.53. The van der Waals surface area contributed by atoms with Crippen molar-refractivity contribution < 1.29 is 4.21 Å². The van der Waals surface area contributed by atoms with Crippen LogP contribution in [0.5, 0.6) is 0 Å². The molecule has 2 unspecified atom stereocenters. The molecule has 3 nitrogen and oxygen atoms in total. The molecule has 0 fully saturated rings. The van der Waals surface area contributed by atoms with E-state index >= 15 is 0 Å². The molecule has 0 saturated heterocycles. The van der Waals surface area contributed by atoms with Crippen LogP contribution in [0.1, 0.15) is 12.5 Å². The highest BCUT2D eigenvalue weighted by atomic mass is 35.5. The molecule has 0 aliphatic heterocycles. The van der Waals surface area contributed by atoms with Gasteiger partial charge in [-0.25, -0.2) is 0 Å². The minimum Gasteiger partial charge on any atom is -0.384 e. The predicted octanol–water partition coefficient (Wildman–Crippen LogP) is 2.39. The summed E-state index contributed by atoms with van der Waals surface area (Å²) in [5.74, 6) is 0. The van der Waals surface area contributed by atoms with Crippen molar-refractivity contribution in [3.05, 3.63) is 28.8 Å². The molecule has 0 amide bonds. The van der Waals surface area contributed by atoms with Crippen LogP contribution in [0.4, 0.5) is 5.69 Å². The second-order valence-electron chi connectivity index (χ2n) is 3.50. The highest BCUT2D eigenvalue weighted by molar-refractivity contribution is 7.84. The van der Waals surface area contributed by atoms with Gasteiger partial charge in [0.2, 0.25) is 0 Å². The molecule has 1 aromatic carbocycles. The molecule has 0 heterocycles. The maximum Gasteiger partial charge on any atom is 0.101 e. The molecule has 0 saturated carbocycles. The van der Waals surface area contributed by atoms with Crippen LogP contribution in [0.15, 0.2) is 18.2 Å². The Morgan fingerprint density at radius 1 is 1.62 bits per heavy atom. The van der Waals surface area contributed by atoms with Crippen LogP contribution in [-0.2, 0) is 10.8 Å². The third kappa shape index (κ3) is 3.51. The second-order valence-corrected chi connectivity index (χ2v) is 5.71. The summed E-state index contributed by atoms with van der Waals surface area (Å²) in [6, 6.07) is 7.15. The molecule has 1 aromatic rings. The molecular formula is C11H13ClN2OS. The first-order valence-corrected chi connectivity index (χ1v) is 6.80. The Kier molecular flexibility index (Phi) is 4.78. The molecule has 0 aromatic heterocycles. The SMILES string of the molecule is CC(CNc1ccc(C#N)c(Cl)c1)S(C)=O. The number of anilines is 1. The number of nitrogens with zero attached hydrogens (tertiary/aromatic N) is 1. The van der Waals surface area contributed by atoms with E-state index in [1.54, 1.807) is 24.5 Å². The summed E-state index contributed by atoms with van der Waals surface area (Å²) < 4.78 is 11.1. The fourth-order valence-corrected chi connectivity index (χ4v) is 1.64. The largest absolute Gasteiger partial charge is 0.384 e. The number of hydrogen-bond acceptors (Lipinski definition) is 3. The minimum atomic E-state index is -0.843. The van der Waals surface area contributed by atoms with Crippen molar-refractivity contribution in [1.29, 1.82) is 5.26 Å². The molecular weight excluding hydrogens is 244 g/mol. The zero-order chi connectivity index (χ0) is 12.1. The van der Waals surface area contributed by atoms with Gasteiger partial charge in [-0.15, -0.1) is 0 Å². The molecule has 5 heteroatoms. The van der Waals surface area contributed by atoms with Crippen molar-refractivity contribution in [2.45, 2.75) is 12.2 Å². The van der Waals surface area contributed by atoms with Gasteiger partial charge in [-0.2, -0.15) is 5.26 Å². The zero-order valence-corrected chi connectivity index (χ0v) is 10.7. The number of rotatable bonds is 4. The third-order valence-corrected chi connectivity index (χ3v) is 3.86. The average molecular weight is 257 g/mol. The summed E-state index contributed by atoms with van der Waals surface area (Å²) >= 11 is 5.88. The molecule has 1 N–H and O–H groups in total. The first-order valence-electron chi connectivity index (χ1n) is 4.80. The van der Waals surface area contributed by atoms with Gasteiger partial charge in [-0.3, -0.25) is 4.21 Å². The zero-order valence-electron chi connectivity index (χ0n) is 9.16. The fraction of sp³-hybridized carbons (Fsp3) is 0.364. The average Bonchev–Trinajstić information content (AvgIpc) is 2.25. The summed E-state index contributed by atoms with van der Waals surface area (Å²) in [6.07, 6.45) is 1.68. The summed E-state index contributed by atoms with van der Waals surface area (Å²) in [5, 5.41) is 12.3. The minimum absolute atomic E-state index is 0.0782. The second kappa shape index (κ2) is 5.88. The summed E-state index contributed by atoms with van der Waals surface area (Å²) in [7, 11) is -0.843. The lowest BCUT2D eigenvalue weighted by molar-refractivity contribution is 0.679. The molecule has 86 valence electrons. The monoisotopic (exact) mass is 256 g/mol. The van der Waals surface area contributed by atoms with Crippen LogP contribution in [-0.4, -0.2) is 22.3 Å². The summed E-state index contributed by atoms with van der Waals surface area (Å²) in [5.41, 5.74) is 1.29. The van der Waals surface area contributed by atoms with Gasteiger partial charge in [-0.1, -0.05) is 11.6 Å². The highest BCUT2D eigenvalue weighted by Gasteiger charge is 2.06. The van der Waals surface area contributed by atoms with Crippen LogP contribution in [0.3, 0.4) is 0 Å². The summed E-state index contributed by atoms with van der Waals surface area (Å²) in [4.78, 5) is 0. The van der Waals surface area contributed by atoms with E-state index in [-0.39, 0.29) is 5.25 Å². The Balaban J connectivity index is 2.66. The lowest BCUT2D eigenvalue weighted by Gasteiger charge is -2.11. The fourth-order valence-electron chi connectivity index (χ4n) is 1.09. The Labute approximate surface area is 103 Å². The van der Waals surface area contributed by atoms with Gasteiger partial charge in [-0.05, 0) is 25.1 Å². The van der Waals surface area contributed by atoms with Gasteiger partial charge < -0.3 is 5.32 Å². The van der Waals surface area contributed by atoms with Crippen LogP contribution < -0.4 is 5.32 Å². The van der Waals surface area contributed by atoms with Crippen molar-refractivity contribution >= 4 is 28.1 Å². The molecule has 16 heavy (non-hydrogen) atoms. The van der Waals surface area contributed by atoms with E-state index in [1.165, 1.54) is 0 Å². The van der Waals surface area contributed by atoms with E-state index in [4.69, 9.17) is 16.9 Å². The van der Waals surface area contributed by atoms with Gasteiger partial charge in [0.25, 0.3) is 0 Å². The lowest BCUT2D eigenvalue weighted by atomic mass is 10.2. The van der Waals surface area contributed by atoms with Gasteiger partial charge in [0, 0.05) is 34.5 Å². The Hall–Kier alpha value is -1.05. The van der Waals surface area contributed by atoms with Crippen molar-refractivity contribution in [1.82, 2.24) is 0 Å². The number of hydrogen-bond donors (Lipinski definition) is 1. The van der Waals surface area contributed by atoms with Gasteiger partial charge in [0.1, 0.15) is 6.07 Å². The van der Waals surface area contributed by atoms with Crippen molar-refractivity contribution in [3.63, 3.8) is 0 Å². The molecule has 0 bridgehead atoms. The normalized spacial score (nSPS) is 13.9. The maximum atomic E-state index is 11.1.